The van der Waals surface area contributed by atoms with Gasteiger partial charge in [-0.1, -0.05) is 22.2 Å². The van der Waals surface area contributed by atoms with E-state index in [0.29, 0.717) is 29.8 Å². The fraction of sp³-hybridized carbons (Fsp3) is 0.688. The van der Waals surface area contributed by atoms with Crippen LogP contribution in [0.15, 0.2) is 16.4 Å². The Labute approximate surface area is 171 Å². The smallest absolute Gasteiger partial charge is 0.159 e. The van der Waals surface area contributed by atoms with Crippen LogP contribution in [0, 0.1) is 18.8 Å². The summed E-state index contributed by atoms with van der Waals surface area (Å²) in [5, 5.41) is 30.2. The van der Waals surface area contributed by atoms with E-state index < -0.39 is 24.3 Å². The maximum Gasteiger partial charge on any atom is 0.159 e. The molecule has 0 unspecified atom stereocenters. The Bertz CT molecular complexity index is 913. The van der Waals surface area contributed by atoms with Gasteiger partial charge in [-0.3, -0.25) is 4.99 Å². The van der Waals surface area contributed by atoms with Crippen molar-refractivity contribution in [3.63, 3.8) is 0 Å². The van der Waals surface area contributed by atoms with Gasteiger partial charge in [0.15, 0.2) is 5.17 Å². The van der Waals surface area contributed by atoms with Crippen LogP contribution in [0.3, 0.4) is 0 Å². The van der Waals surface area contributed by atoms with Crippen LogP contribution in [0.4, 0.5) is 0 Å². The lowest BCUT2D eigenvalue weighted by molar-refractivity contribution is -0.0953. The number of aliphatic hydroxyl groups excluding tert-OH is 1. The quantitative estimate of drug-likeness (QED) is 0.607. The largest absolute Gasteiger partial charge is 0.388 e. The van der Waals surface area contributed by atoms with Crippen molar-refractivity contribution in [2.24, 2.45) is 10.2 Å². The number of rotatable bonds is 6. The third-order valence-electron chi connectivity index (χ3n) is 4.87. The number of nitrogens with one attached hydrogen (secondary N) is 1. The van der Waals surface area contributed by atoms with E-state index in [1.54, 1.807) is 15.6 Å². The zero-order valence-corrected chi connectivity index (χ0v) is 17.2. The van der Waals surface area contributed by atoms with Crippen molar-refractivity contribution >= 4 is 16.9 Å². The first kappa shape index (κ1) is 19.9. The van der Waals surface area contributed by atoms with Gasteiger partial charge in [-0.05, 0) is 20.8 Å². The van der Waals surface area contributed by atoms with Gasteiger partial charge in [0.2, 0.25) is 0 Å². The monoisotopic (exact) mass is 421 g/mol. The van der Waals surface area contributed by atoms with Crippen LogP contribution in [-0.4, -0.2) is 76.3 Å². The maximum absolute atomic E-state index is 11.4. The molecule has 2 N–H and O–H groups in total. The third-order valence-corrected chi connectivity index (χ3v) is 5.98. The molecule has 0 bridgehead atoms. The van der Waals surface area contributed by atoms with Gasteiger partial charge >= 0.3 is 0 Å². The predicted octanol–water partition coefficient (Wildman–Crippen LogP) is -0.164. The van der Waals surface area contributed by atoms with E-state index in [1.165, 1.54) is 11.8 Å². The van der Waals surface area contributed by atoms with Gasteiger partial charge < -0.3 is 15.2 Å². The van der Waals surface area contributed by atoms with Gasteiger partial charge in [-0.15, -0.1) is 5.10 Å². The Morgan fingerprint density at radius 3 is 2.93 bits per heavy atom. The number of aliphatic imine (C=N–C) groups is 1. The molecule has 4 rings (SSSR count). The normalized spacial score (nSPS) is 30.3. The summed E-state index contributed by atoms with van der Waals surface area (Å²) in [6, 6.07) is -1.34. The molecule has 0 spiro atoms. The highest BCUT2D eigenvalue weighted by molar-refractivity contribution is 8.14. The minimum absolute atomic E-state index is 0.250. The highest BCUT2D eigenvalue weighted by atomic mass is 32.2. The molecule has 2 fully saturated rings. The minimum atomic E-state index is -0.975. The van der Waals surface area contributed by atoms with Crippen LogP contribution in [0.25, 0.3) is 0 Å². The van der Waals surface area contributed by atoms with Crippen LogP contribution in [0.1, 0.15) is 24.3 Å². The lowest BCUT2D eigenvalue weighted by Gasteiger charge is -2.37. The van der Waals surface area contributed by atoms with E-state index >= 15 is 0 Å². The van der Waals surface area contributed by atoms with Gasteiger partial charge in [0.05, 0.1) is 25.3 Å². The molecule has 0 saturated carbocycles. The zero-order chi connectivity index (χ0) is 20.5. The SMILES string of the molecule is CCN=C1N[C@@H]2[C@@H](O)[C@H](N=O)[C@@H](Cn3cc(Cn4nc(C)nc4C)nn3)O[C@@H]2S1. The second-order valence-electron chi connectivity index (χ2n) is 6.99. The molecule has 0 aromatic carbocycles. The number of aromatic nitrogens is 6. The number of aryl methyl sites for hydroxylation is 2. The number of nitroso groups, excluding NO2 is 1. The summed E-state index contributed by atoms with van der Waals surface area (Å²) in [6.45, 7) is 6.95. The summed E-state index contributed by atoms with van der Waals surface area (Å²) in [5.74, 6) is 1.49. The molecule has 2 saturated heterocycles. The molecule has 2 aromatic rings. The molecule has 0 radical (unpaired) electrons. The van der Waals surface area contributed by atoms with Crippen molar-refractivity contribution < 1.29 is 9.84 Å². The molecule has 4 heterocycles. The van der Waals surface area contributed by atoms with Crippen molar-refractivity contribution in [1.82, 2.24) is 35.1 Å². The summed E-state index contributed by atoms with van der Waals surface area (Å²) in [7, 11) is 0. The van der Waals surface area contributed by atoms with Crippen LogP contribution in [-0.2, 0) is 17.8 Å². The van der Waals surface area contributed by atoms with Gasteiger partial charge in [-0.25, -0.2) is 14.3 Å². The lowest BCUT2D eigenvalue weighted by Crippen LogP contribution is -2.59. The summed E-state index contributed by atoms with van der Waals surface area (Å²) in [5.41, 5.74) is 0.360. The number of fused-ring (bicyclic) bond motifs is 1. The average molecular weight is 421 g/mol. The lowest BCUT2D eigenvalue weighted by atomic mass is 9.96. The zero-order valence-electron chi connectivity index (χ0n) is 16.3. The molecule has 5 atom stereocenters. The van der Waals surface area contributed by atoms with E-state index in [-0.39, 0.29) is 12.0 Å². The average Bonchev–Trinajstić information content (AvgIpc) is 3.36. The minimum Gasteiger partial charge on any atom is -0.388 e. The number of hydrogen-bond acceptors (Lipinski definition) is 10. The molecular weight excluding hydrogens is 398 g/mol. The van der Waals surface area contributed by atoms with Crippen LogP contribution in [0.5, 0.6) is 0 Å². The van der Waals surface area contributed by atoms with Crippen molar-refractivity contribution in [1.29, 1.82) is 0 Å². The number of nitrogens with zero attached hydrogens (tertiary/aromatic N) is 8. The van der Waals surface area contributed by atoms with Crippen molar-refractivity contribution in [3.8, 4) is 0 Å². The molecule has 2 aromatic heterocycles. The summed E-state index contributed by atoms with van der Waals surface area (Å²) in [4.78, 5) is 20.0. The Hall–Kier alpha value is -2.38. The highest BCUT2D eigenvalue weighted by Gasteiger charge is 2.50. The van der Waals surface area contributed by atoms with E-state index in [9.17, 15) is 10.0 Å². The van der Waals surface area contributed by atoms with Gasteiger partial charge in [0.25, 0.3) is 0 Å². The van der Waals surface area contributed by atoms with Crippen LogP contribution in [0.2, 0.25) is 0 Å². The standard InChI is InChI=1S/C16H23N9O3S/c1-4-17-16-19-13-14(26)12(22-27)11(28-15(13)29-16)7-24-5-10(20-23-24)6-25-9(3)18-8(2)21-25/h5,11-15,26H,4,6-7H2,1-3H3,(H,17,19)/t11-,12-,13-,14+,15-/m1/s1. The predicted molar refractivity (Wildman–Crippen MR) is 105 cm³/mol. The number of ether oxygens (including phenoxy) is 1. The van der Waals surface area contributed by atoms with E-state index in [4.69, 9.17) is 4.74 Å². The van der Waals surface area contributed by atoms with Gasteiger partial charge in [0, 0.05) is 6.54 Å². The maximum atomic E-state index is 11.4. The van der Waals surface area contributed by atoms with Crippen molar-refractivity contribution in [3.05, 3.63) is 28.4 Å². The van der Waals surface area contributed by atoms with E-state index in [1.807, 2.05) is 20.8 Å². The number of amidine groups is 1. The van der Waals surface area contributed by atoms with E-state index in [2.05, 4.69) is 35.9 Å². The fourth-order valence-corrected chi connectivity index (χ4v) is 4.73. The Morgan fingerprint density at radius 2 is 2.24 bits per heavy atom. The first-order valence-corrected chi connectivity index (χ1v) is 10.3. The third kappa shape index (κ3) is 4.02. The van der Waals surface area contributed by atoms with Gasteiger partial charge in [0.1, 0.15) is 41.0 Å². The molecular formula is C16H23N9O3S. The molecule has 2 aliphatic rings. The first-order chi connectivity index (χ1) is 14.0. The highest BCUT2D eigenvalue weighted by Crippen LogP contribution is 2.35. The topological polar surface area (TPSA) is 145 Å². The number of hydrogen-bond donors (Lipinski definition) is 2. The second kappa shape index (κ2) is 8.16. The fourth-order valence-electron chi connectivity index (χ4n) is 3.53. The Balaban J connectivity index is 1.46. The Kier molecular flexibility index (Phi) is 5.61. The first-order valence-electron chi connectivity index (χ1n) is 9.39. The summed E-state index contributed by atoms with van der Waals surface area (Å²) >= 11 is 1.41. The molecule has 0 aliphatic carbocycles. The number of aliphatic hydroxyl groups is 1. The molecule has 0 amide bonds. The molecule has 2 aliphatic heterocycles. The van der Waals surface area contributed by atoms with Gasteiger partial charge in [-0.2, -0.15) is 10.0 Å². The van der Waals surface area contributed by atoms with Crippen molar-refractivity contribution in [2.45, 2.75) is 63.6 Å². The van der Waals surface area contributed by atoms with E-state index in [0.717, 1.165) is 5.82 Å². The van der Waals surface area contributed by atoms with Crippen LogP contribution < -0.4 is 5.32 Å². The summed E-state index contributed by atoms with van der Waals surface area (Å²) in [6.07, 6.45) is 0.172. The summed E-state index contributed by atoms with van der Waals surface area (Å²) < 4.78 is 9.41. The molecule has 156 valence electrons. The number of thioether (sulfide) groups is 1. The van der Waals surface area contributed by atoms with Crippen molar-refractivity contribution in [2.75, 3.05) is 6.54 Å². The Morgan fingerprint density at radius 1 is 1.41 bits per heavy atom. The molecule has 12 nitrogen and oxygen atoms in total. The van der Waals surface area contributed by atoms with Crippen LogP contribution >= 0.6 is 11.8 Å². The molecule has 13 heteroatoms. The molecule has 29 heavy (non-hydrogen) atoms. The second-order valence-corrected chi connectivity index (χ2v) is 8.08.